The number of likely N-dealkylation sites (N-methyl/N-ethyl adjacent to an activating group) is 1. The number of hydrogen-bond acceptors (Lipinski definition) is 4. The third-order valence-electron chi connectivity index (χ3n) is 5.21. The van der Waals surface area contributed by atoms with E-state index in [-0.39, 0.29) is 26.1 Å². The highest BCUT2D eigenvalue weighted by atomic mass is 19.3. The zero-order valence-electron chi connectivity index (χ0n) is 15.7. The van der Waals surface area contributed by atoms with Crippen molar-refractivity contribution >= 4 is 22.7 Å². The van der Waals surface area contributed by atoms with Crippen molar-refractivity contribution in [1.29, 1.82) is 0 Å². The van der Waals surface area contributed by atoms with Crippen LogP contribution in [0.25, 0.3) is 15.9 Å². The summed E-state index contributed by atoms with van der Waals surface area (Å²) in [6.45, 7) is 7.54. The van der Waals surface area contributed by atoms with E-state index in [1.165, 1.54) is 25.4 Å². The molecule has 1 saturated heterocycles. The summed E-state index contributed by atoms with van der Waals surface area (Å²) in [5.74, 6) is -2.71. The van der Waals surface area contributed by atoms with Gasteiger partial charge in [-0.3, -0.25) is 4.98 Å². The van der Waals surface area contributed by atoms with Gasteiger partial charge in [-0.25, -0.2) is 23.0 Å². The molecule has 4 rings (SSSR count). The minimum absolute atomic E-state index is 0.0827. The number of nitrogens with zero attached hydrogens (tertiary/aromatic N) is 5. The molecule has 0 unspecified atom stereocenters. The van der Waals surface area contributed by atoms with Crippen molar-refractivity contribution in [3.63, 3.8) is 0 Å². The molecule has 0 radical (unpaired) electrons. The van der Waals surface area contributed by atoms with Gasteiger partial charge in [0.1, 0.15) is 5.82 Å². The zero-order valence-corrected chi connectivity index (χ0v) is 15.7. The maximum atomic E-state index is 14.1. The molecule has 1 atom stereocenters. The Morgan fingerprint density at radius 1 is 1.31 bits per heavy atom. The molecule has 3 heterocycles. The lowest BCUT2D eigenvalue weighted by Crippen LogP contribution is -2.57. The van der Waals surface area contributed by atoms with Gasteiger partial charge in [0.05, 0.1) is 35.9 Å². The highest BCUT2D eigenvalue weighted by molar-refractivity contribution is 5.79. The average molecular weight is 400 g/mol. The van der Waals surface area contributed by atoms with Gasteiger partial charge in [0.15, 0.2) is 0 Å². The maximum Gasteiger partial charge on any atom is 0.266 e. The summed E-state index contributed by atoms with van der Waals surface area (Å²) < 4.78 is 44.0. The molecule has 1 N–H and O–H groups in total. The number of hydrogen-bond donors (Lipinski definition) is 1. The van der Waals surface area contributed by atoms with E-state index in [0.29, 0.717) is 28.4 Å². The topological polar surface area (TPSA) is 50.3 Å². The quantitative estimate of drug-likeness (QED) is 0.680. The van der Waals surface area contributed by atoms with Crippen LogP contribution in [0.3, 0.4) is 0 Å². The van der Waals surface area contributed by atoms with Gasteiger partial charge in [0, 0.05) is 25.7 Å². The number of pyridine rings is 1. The van der Waals surface area contributed by atoms with E-state index in [2.05, 4.69) is 20.1 Å². The highest BCUT2D eigenvalue weighted by Crippen LogP contribution is 2.32. The maximum absolute atomic E-state index is 14.1. The van der Waals surface area contributed by atoms with Gasteiger partial charge >= 0.3 is 0 Å². The Bertz CT molecular complexity index is 1070. The monoisotopic (exact) mass is 400 g/mol. The SMILES string of the molecule is [C-]#[N+]c1ccc(Cn2c(N3CCC(F)(F)[C@H](NC)C3)nc3ccc(F)cc32)nc1. The Morgan fingerprint density at radius 2 is 2.14 bits per heavy atom. The fourth-order valence-electron chi connectivity index (χ4n) is 3.61. The minimum Gasteiger partial charge on any atom is -0.340 e. The summed E-state index contributed by atoms with van der Waals surface area (Å²) in [6.07, 6.45) is 1.17. The molecule has 6 nitrogen and oxygen atoms in total. The molecule has 2 aromatic heterocycles. The summed E-state index contributed by atoms with van der Waals surface area (Å²) in [5, 5.41) is 2.69. The standard InChI is InChI=1S/C20H19F3N6/c1-24-14-4-5-15(26-10-14)11-29-17-9-13(21)3-6-16(17)27-19(29)28-8-7-20(22,23)18(12-28)25-2/h3-6,9-10,18,25H,7-8,11-12H2,2H3/t18-/m1/s1. The third kappa shape index (κ3) is 3.63. The Labute approximate surface area is 165 Å². The number of benzene rings is 1. The van der Waals surface area contributed by atoms with Crippen LogP contribution in [0, 0.1) is 12.4 Å². The molecule has 3 aromatic rings. The van der Waals surface area contributed by atoms with Crippen molar-refractivity contribution in [2.75, 3.05) is 25.0 Å². The molecule has 0 bridgehead atoms. The second-order valence-corrected chi connectivity index (χ2v) is 7.05. The lowest BCUT2D eigenvalue weighted by molar-refractivity contribution is -0.0491. The highest BCUT2D eigenvalue weighted by Gasteiger charge is 2.44. The minimum atomic E-state index is -2.80. The number of rotatable bonds is 4. The fraction of sp³-hybridized carbons (Fsp3) is 0.350. The first-order chi connectivity index (χ1) is 13.9. The Morgan fingerprint density at radius 3 is 2.83 bits per heavy atom. The van der Waals surface area contributed by atoms with Crippen LogP contribution in [-0.4, -0.2) is 46.6 Å². The normalized spacial score (nSPS) is 18.7. The molecule has 1 fully saturated rings. The Hall–Kier alpha value is -3.12. The number of fused-ring (bicyclic) bond motifs is 1. The van der Waals surface area contributed by atoms with Gasteiger partial charge in [-0.15, -0.1) is 0 Å². The van der Waals surface area contributed by atoms with E-state index < -0.39 is 17.8 Å². The van der Waals surface area contributed by atoms with Crippen molar-refractivity contribution in [3.05, 3.63) is 59.5 Å². The van der Waals surface area contributed by atoms with Crippen molar-refractivity contribution in [2.24, 2.45) is 0 Å². The molecule has 9 heteroatoms. The number of alkyl halides is 2. The van der Waals surface area contributed by atoms with Gasteiger partial charge in [-0.2, -0.15) is 0 Å². The molecule has 0 aliphatic carbocycles. The predicted octanol–water partition coefficient (Wildman–Crippen LogP) is 3.60. The fourth-order valence-corrected chi connectivity index (χ4v) is 3.61. The largest absolute Gasteiger partial charge is 0.340 e. The second-order valence-electron chi connectivity index (χ2n) is 7.05. The van der Waals surface area contributed by atoms with E-state index >= 15 is 0 Å². The number of aromatic nitrogens is 3. The van der Waals surface area contributed by atoms with Crippen molar-refractivity contribution in [3.8, 4) is 0 Å². The Kier molecular flexibility index (Phi) is 4.88. The molecule has 0 spiro atoms. The predicted molar refractivity (Wildman–Crippen MR) is 104 cm³/mol. The van der Waals surface area contributed by atoms with Crippen LogP contribution in [0.4, 0.5) is 24.8 Å². The molecule has 1 aliphatic heterocycles. The number of nitrogens with one attached hydrogen (secondary N) is 1. The number of anilines is 1. The van der Waals surface area contributed by atoms with E-state index in [0.717, 1.165) is 0 Å². The first kappa shape index (κ1) is 19.2. The van der Waals surface area contributed by atoms with Crippen molar-refractivity contribution in [2.45, 2.75) is 24.9 Å². The summed E-state index contributed by atoms with van der Waals surface area (Å²) in [5.41, 5.74) is 2.23. The van der Waals surface area contributed by atoms with E-state index in [4.69, 9.17) is 6.57 Å². The third-order valence-corrected chi connectivity index (χ3v) is 5.21. The summed E-state index contributed by atoms with van der Waals surface area (Å²) in [7, 11) is 1.52. The van der Waals surface area contributed by atoms with Crippen LogP contribution in [0.5, 0.6) is 0 Å². The number of piperidine rings is 1. The van der Waals surface area contributed by atoms with Gasteiger partial charge in [0.2, 0.25) is 11.6 Å². The zero-order chi connectivity index (χ0) is 20.6. The smallest absolute Gasteiger partial charge is 0.266 e. The van der Waals surface area contributed by atoms with Crippen LogP contribution in [-0.2, 0) is 6.54 Å². The van der Waals surface area contributed by atoms with Crippen LogP contribution in [0.2, 0.25) is 0 Å². The molecule has 0 amide bonds. The van der Waals surface area contributed by atoms with Gasteiger partial charge < -0.3 is 14.8 Å². The molecule has 0 saturated carbocycles. The van der Waals surface area contributed by atoms with Crippen molar-refractivity contribution < 1.29 is 13.2 Å². The molecule has 1 aliphatic rings. The van der Waals surface area contributed by atoms with E-state index in [9.17, 15) is 13.2 Å². The van der Waals surface area contributed by atoms with Crippen molar-refractivity contribution in [1.82, 2.24) is 19.9 Å². The lowest BCUT2D eigenvalue weighted by Gasteiger charge is -2.38. The Balaban J connectivity index is 1.75. The van der Waals surface area contributed by atoms with E-state index in [1.807, 2.05) is 0 Å². The van der Waals surface area contributed by atoms with Crippen LogP contribution in [0.1, 0.15) is 12.1 Å². The average Bonchev–Trinajstić information content (AvgIpc) is 3.06. The van der Waals surface area contributed by atoms with Gasteiger partial charge in [-0.05, 0) is 31.3 Å². The van der Waals surface area contributed by atoms with Gasteiger partial charge in [-0.1, -0.05) is 6.07 Å². The molecule has 150 valence electrons. The molecular formula is C20H19F3N6. The molecule has 1 aromatic carbocycles. The molecular weight excluding hydrogens is 381 g/mol. The first-order valence-corrected chi connectivity index (χ1v) is 9.19. The van der Waals surface area contributed by atoms with Crippen LogP contribution < -0.4 is 10.2 Å². The van der Waals surface area contributed by atoms with Gasteiger partial charge in [0.25, 0.3) is 5.92 Å². The lowest BCUT2D eigenvalue weighted by atomic mass is 10.0. The molecule has 29 heavy (non-hydrogen) atoms. The number of imidazole rings is 1. The van der Waals surface area contributed by atoms with E-state index in [1.54, 1.807) is 27.7 Å². The summed E-state index contributed by atoms with van der Waals surface area (Å²) in [4.78, 5) is 14.0. The first-order valence-electron chi connectivity index (χ1n) is 9.19. The summed E-state index contributed by atoms with van der Waals surface area (Å²) in [6, 6.07) is 6.67. The second kappa shape index (κ2) is 7.37. The van der Waals surface area contributed by atoms with Crippen LogP contribution >= 0.6 is 0 Å². The number of halogens is 3. The van der Waals surface area contributed by atoms with Crippen LogP contribution in [0.15, 0.2) is 36.5 Å². The summed E-state index contributed by atoms with van der Waals surface area (Å²) >= 11 is 0.